The van der Waals surface area contributed by atoms with Crippen molar-refractivity contribution >= 4 is 0 Å². The van der Waals surface area contributed by atoms with Crippen LogP contribution in [0.5, 0.6) is 0 Å². The fourth-order valence-electron chi connectivity index (χ4n) is 0.815. The molecular weight excluding hydrogens is 136 g/mol. The van der Waals surface area contributed by atoms with Gasteiger partial charge in [-0.1, -0.05) is 36.4 Å². The van der Waals surface area contributed by atoms with Crippen LogP contribution in [0, 0.1) is 0 Å². The zero-order chi connectivity index (χ0) is 7.94. The summed E-state index contributed by atoms with van der Waals surface area (Å²) < 4.78 is 5.19. The van der Waals surface area contributed by atoms with Gasteiger partial charge < -0.3 is 4.74 Å². The molecule has 0 bridgehead atoms. The molecule has 1 rings (SSSR count). The van der Waals surface area contributed by atoms with Crippen LogP contribution in [0.15, 0.2) is 42.7 Å². The highest BCUT2D eigenvalue weighted by Gasteiger charge is 1.86. The molecule has 0 unspecified atom stereocenters. The number of hydrogen-bond acceptors (Lipinski definition) is 1. The molecule has 0 aliphatic carbocycles. The van der Waals surface area contributed by atoms with E-state index in [-0.39, 0.29) is 0 Å². The van der Waals surface area contributed by atoms with Gasteiger partial charge in [-0.2, -0.15) is 0 Å². The van der Waals surface area contributed by atoms with E-state index in [2.05, 4.69) is 0 Å². The Hall–Kier alpha value is -1.24. The molecule has 1 nitrogen and oxygen atoms in total. The van der Waals surface area contributed by atoms with Crippen LogP contribution in [0.25, 0.3) is 0 Å². The molecule has 0 heterocycles. The Bertz CT molecular complexity index is 214. The Kier molecular flexibility index (Phi) is 3.26. The zero-order valence-corrected chi connectivity index (χ0v) is 6.66. The minimum absolute atomic E-state index is 0.658. The van der Waals surface area contributed by atoms with Gasteiger partial charge in [0.2, 0.25) is 0 Å². The molecule has 0 amide bonds. The Balaban J connectivity index is 2.39. The van der Waals surface area contributed by atoms with Crippen LogP contribution in [0.2, 0.25) is 0 Å². The summed E-state index contributed by atoms with van der Waals surface area (Å²) in [4.78, 5) is 0. The van der Waals surface area contributed by atoms with Crippen molar-refractivity contribution in [2.45, 2.75) is 13.5 Å². The first-order valence-corrected chi connectivity index (χ1v) is 3.70. The smallest absolute Gasteiger partial charge is 0.112 e. The van der Waals surface area contributed by atoms with Crippen molar-refractivity contribution in [2.75, 3.05) is 0 Å². The van der Waals surface area contributed by atoms with E-state index in [1.165, 1.54) is 5.56 Å². The van der Waals surface area contributed by atoms with E-state index in [0.29, 0.717) is 6.61 Å². The third-order valence-corrected chi connectivity index (χ3v) is 1.33. The number of hydrogen-bond donors (Lipinski definition) is 0. The first-order chi connectivity index (χ1) is 5.43. The molecule has 0 aliphatic heterocycles. The van der Waals surface area contributed by atoms with Crippen LogP contribution in [-0.2, 0) is 11.3 Å². The summed E-state index contributed by atoms with van der Waals surface area (Å²) in [5.74, 6) is 0. The molecule has 0 atom stereocenters. The molecule has 0 aromatic heterocycles. The summed E-state index contributed by atoms with van der Waals surface area (Å²) in [6.07, 6.45) is 3.58. The highest BCUT2D eigenvalue weighted by atomic mass is 16.5. The van der Waals surface area contributed by atoms with Crippen molar-refractivity contribution in [2.24, 2.45) is 0 Å². The van der Waals surface area contributed by atoms with E-state index in [1.807, 2.05) is 43.3 Å². The van der Waals surface area contributed by atoms with Crippen molar-refractivity contribution in [3.63, 3.8) is 0 Å². The lowest BCUT2D eigenvalue weighted by Gasteiger charge is -1.98. The van der Waals surface area contributed by atoms with E-state index < -0.39 is 0 Å². The standard InChI is InChI=1S/C10H12O/c1-2-8-11-9-10-6-4-3-5-7-10/h2-8H,9H2,1H3/b8-2+. The van der Waals surface area contributed by atoms with Gasteiger partial charge in [0.05, 0.1) is 6.26 Å². The molecule has 0 radical (unpaired) electrons. The average molecular weight is 148 g/mol. The van der Waals surface area contributed by atoms with Crippen molar-refractivity contribution in [1.29, 1.82) is 0 Å². The van der Waals surface area contributed by atoms with Gasteiger partial charge in [-0.15, -0.1) is 0 Å². The minimum Gasteiger partial charge on any atom is -0.497 e. The minimum atomic E-state index is 0.658. The lowest BCUT2D eigenvalue weighted by Crippen LogP contribution is -1.84. The second kappa shape index (κ2) is 4.56. The molecule has 1 aromatic carbocycles. The monoisotopic (exact) mass is 148 g/mol. The fraction of sp³-hybridized carbons (Fsp3) is 0.200. The molecule has 1 heteroatoms. The van der Waals surface area contributed by atoms with Crippen LogP contribution in [-0.4, -0.2) is 0 Å². The van der Waals surface area contributed by atoms with E-state index in [4.69, 9.17) is 4.74 Å². The Morgan fingerprint density at radius 3 is 2.64 bits per heavy atom. The van der Waals surface area contributed by atoms with E-state index in [0.717, 1.165) is 0 Å². The lowest BCUT2D eigenvalue weighted by molar-refractivity contribution is 0.236. The van der Waals surface area contributed by atoms with Crippen molar-refractivity contribution in [3.8, 4) is 0 Å². The highest BCUT2D eigenvalue weighted by Crippen LogP contribution is 1.99. The molecular formula is C10H12O. The van der Waals surface area contributed by atoms with Gasteiger partial charge in [0.25, 0.3) is 0 Å². The van der Waals surface area contributed by atoms with E-state index in [1.54, 1.807) is 6.26 Å². The van der Waals surface area contributed by atoms with Gasteiger partial charge in [-0.25, -0.2) is 0 Å². The third-order valence-electron chi connectivity index (χ3n) is 1.33. The highest BCUT2D eigenvalue weighted by molar-refractivity contribution is 5.13. The van der Waals surface area contributed by atoms with Crippen molar-refractivity contribution in [3.05, 3.63) is 48.2 Å². The fourth-order valence-corrected chi connectivity index (χ4v) is 0.815. The Morgan fingerprint density at radius 2 is 2.00 bits per heavy atom. The predicted molar refractivity (Wildman–Crippen MR) is 46.0 cm³/mol. The van der Waals surface area contributed by atoms with Crippen LogP contribution < -0.4 is 0 Å². The molecule has 0 N–H and O–H groups in total. The summed E-state index contributed by atoms with van der Waals surface area (Å²) in [6.45, 7) is 2.59. The van der Waals surface area contributed by atoms with Gasteiger partial charge in [0.15, 0.2) is 0 Å². The average Bonchev–Trinajstić information content (AvgIpc) is 2.07. The quantitative estimate of drug-likeness (QED) is 0.599. The number of allylic oxidation sites excluding steroid dienone is 1. The van der Waals surface area contributed by atoms with Crippen molar-refractivity contribution < 1.29 is 4.74 Å². The zero-order valence-electron chi connectivity index (χ0n) is 6.66. The Morgan fingerprint density at radius 1 is 1.27 bits per heavy atom. The summed E-state index contributed by atoms with van der Waals surface area (Å²) in [5.41, 5.74) is 1.20. The summed E-state index contributed by atoms with van der Waals surface area (Å²) in [6, 6.07) is 10.1. The molecule has 0 aliphatic rings. The van der Waals surface area contributed by atoms with E-state index >= 15 is 0 Å². The van der Waals surface area contributed by atoms with Crippen LogP contribution in [0.1, 0.15) is 12.5 Å². The summed E-state index contributed by atoms with van der Waals surface area (Å²) in [5, 5.41) is 0. The van der Waals surface area contributed by atoms with Gasteiger partial charge in [-0.05, 0) is 12.5 Å². The van der Waals surface area contributed by atoms with Gasteiger partial charge in [0, 0.05) is 0 Å². The molecule has 0 fully saturated rings. The number of ether oxygens (including phenoxy) is 1. The second-order valence-corrected chi connectivity index (χ2v) is 2.27. The van der Waals surface area contributed by atoms with Gasteiger partial charge >= 0.3 is 0 Å². The van der Waals surface area contributed by atoms with Crippen LogP contribution in [0.4, 0.5) is 0 Å². The Labute approximate surface area is 67.3 Å². The maximum absolute atomic E-state index is 5.19. The van der Waals surface area contributed by atoms with Gasteiger partial charge in [-0.3, -0.25) is 0 Å². The summed E-state index contributed by atoms with van der Waals surface area (Å²) >= 11 is 0. The largest absolute Gasteiger partial charge is 0.497 e. The topological polar surface area (TPSA) is 9.23 Å². The number of rotatable bonds is 3. The normalized spacial score (nSPS) is 10.3. The molecule has 11 heavy (non-hydrogen) atoms. The predicted octanol–water partition coefficient (Wildman–Crippen LogP) is 2.74. The lowest BCUT2D eigenvalue weighted by atomic mass is 10.2. The first kappa shape index (κ1) is 7.86. The van der Waals surface area contributed by atoms with E-state index in [9.17, 15) is 0 Å². The summed E-state index contributed by atoms with van der Waals surface area (Å²) in [7, 11) is 0. The maximum Gasteiger partial charge on any atom is 0.112 e. The molecule has 0 saturated carbocycles. The molecule has 1 aromatic rings. The SMILES string of the molecule is C/C=C/OCc1ccccc1. The van der Waals surface area contributed by atoms with Crippen molar-refractivity contribution in [1.82, 2.24) is 0 Å². The third kappa shape index (κ3) is 2.89. The van der Waals surface area contributed by atoms with Gasteiger partial charge in [0.1, 0.15) is 6.61 Å². The number of benzene rings is 1. The van der Waals surface area contributed by atoms with Crippen LogP contribution >= 0.6 is 0 Å². The second-order valence-electron chi connectivity index (χ2n) is 2.27. The first-order valence-electron chi connectivity index (χ1n) is 3.70. The molecule has 0 spiro atoms. The van der Waals surface area contributed by atoms with Crippen LogP contribution in [0.3, 0.4) is 0 Å². The maximum atomic E-state index is 5.19. The molecule has 58 valence electrons. The molecule has 0 saturated heterocycles.